The van der Waals surface area contributed by atoms with Gasteiger partial charge in [0, 0.05) is 16.9 Å². The van der Waals surface area contributed by atoms with Gasteiger partial charge in [0.25, 0.3) is 0 Å². The molecule has 9 aromatic rings. The van der Waals surface area contributed by atoms with Gasteiger partial charge in [-0.2, -0.15) is 0 Å². The highest BCUT2D eigenvalue weighted by Gasteiger charge is 2.18. The van der Waals surface area contributed by atoms with Crippen LogP contribution >= 0.6 is 0 Å². The van der Waals surface area contributed by atoms with E-state index in [1.54, 1.807) is 0 Å². The molecule has 0 heterocycles. The standard InChI is InChI=1S/C52H37N/c1-3-13-38(14-4-1)41-25-28-43(29-26-41)51-23-9-10-24-52(51)53(50-22-12-21-47(37-50)48-30-27-40-17-7-8-18-44(40)36-48)49-33-31-42(32-34-49)46-20-11-19-45(35-46)39-15-5-2-6-16-39/h1-37H/i12D,21D,22D,37D. The molecule has 0 radical (unpaired) electrons. The number of para-hydroxylation sites is 1. The Bertz CT molecular complexity index is 2870. The minimum atomic E-state index is -0.229. The van der Waals surface area contributed by atoms with E-state index >= 15 is 0 Å². The van der Waals surface area contributed by atoms with Crippen LogP contribution in [0.3, 0.4) is 0 Å². The van der Waals surface area contributed by atoms with Crippen molar-refractivity contribution in [2.75, 3.05) is 4.90 Å². The van der Waals surface area contributed by atoms with Gasteiger partial charge >= 0.3 is 0 Å². The molecule has 250 valence electrons. The van der Waals surface area contributed by atoms with Gasteiger partial charge in [-0.25, -0.2) is 0 Å². The molecule has 0 bridgehead atoms. The molecule has 9 aromatic carbocycles. The van der Waals surface area contributed by atoms with Crippen LogP contribution < -0.4 is 4.90 Å². The van der Waals surface area contributed by atoms with Gasteiger partial charge in [0.2, 0.25) is 0 Å². The van der Waals surface area contributed by atoms with E-state index in [4.69, 9.17) is 2.74 Å². The van der Waals surface area contributed by atoms with Crippen molar-refractivity contribution >= 4 is 27.8 Å². The SMILES string of the molecule is [2H]c1c([2H])c(-c2ccc3ccccc3c2)c([2H])c(N(c2ccc(-c3cccc(-c4ccccc4)c3)cc2)c2ccccc2-c2ccc(-c3ccccc3)cc2)c1[2H]. The fourth-order valence-corrected chi connectivity index (χ4v) is 7.02. The lowest BCUT2D eigenvalue weighted by atomic mass is 9.97. The van der Waals surface area contributed by atoms with Crippen molar-refractivity contribution in [3.8, 4) is 55.6 Å². The van der Waals surface area contributed by atoms with Crippen LogP contribution in [0.5, 0.6) is 0 Å². The highest BCUT2D eigenvalue weighted by molar-refractivity contribution is 5.91. The molecule has 53 heavy (non-hydrogen) atoms. The molecule has 0 fully saturated rings. The number of hydrogen-bond donors (Lipinski definition) is 0. The number of benzene rings is 9. The van der Waals surface area contributed by atoms with Crippen LogP contribution in [-0.4, -0.2) is 0 Å². The fraction of sp³-hybridized carbons (Fsp3) is 0. The summed E-state index contributed by atoms with van der Waals surface area (Å²) in [6.07, 6.45) is 0. The van der Waals surface area contributed by atoms with Crippen LogP contribution in [0, 0.1) is 0 Å². The number of fused-ring (bicyclic) bond motifs is 1. The van der Waals surface area contributed by atoms with Crippen LogP contribution in [0.15, 0.2) is 224 Å². The molecule has 0 amide bonds. The Labute approximate surface area is 317 Å². The second-order valence-electron chi connectivity index (χ2n) is 13.1. The van der Waals surface area contributed by atoms with Crippen molar-refractivity contribution in [3.63, 3.8) is 0 Å². The zero-order valence-electron chi connectivity index (χ0n) is 33.0. The maximum atomic E-state index is 9.82. The lowest BCUT2D eigenvalue weighted by Crippen LogP contribution is -2.11. The number of rotatable bonds is 8. The van der Waals surface area contributed by atoms with E-state index < -0.39 is 0 Å². The summed E-state index contributed by atoms with van der Waals surface area (Å²) in [5, 5.41) is 2.02. The Morgan fingerprint density at radius 1 is 0.321 bits per heavy atom. The van der Waals surface area contributed by atoms with Gasteiger partial charge in [-0.3, -0.25) is 0 Å². The van der Waals surface area contributed by atoms with Crippen LogP contribution in [-0.2, 0) is 0 Å². The van der Waals surface area contributed by atoms with Crippen molar-refractivity contribution in [2.24, 2.45) is 0 Å². The Balaban J connectivity index is 1.22. The van der Waals surface area contributed by atoms with Gasteiger partial charge in [-0.05, 0) is 103 Å². The van der Waals surface area contributed by atoms with Crippen molar-refractivity contribution in [2.45, 2.75) is 0 Å². The second-order valence-corrected chi connectivity index (χ2v) is 13.1. The maximum Gasteiger partial charge on any atom is 0.0651 e. The number of hydrogen-bond acceptors (Lipinski definition) is 1. The molecule has 0 aliphatic carbocycles. The highest BCUT2D eigenvalue weighted by atomic mass is 15.1. The first-order valence-electron chi connectivity index (χ1n) is 19.8. The second kappa shape index (κ2) is 14.3. The summed E-state index contributed by atoms with van der Waals surface area (Å²) in [7, 11) is 0. The van der Waals surface area contributed by atoms with Gasteiger partial charge < -0.3 is 4.90 Å². The largest absolute Gasteiger partial charge is 0.310 e. The monoisotopic (exact) mass is 679 g/mol. The number of nitrogens with zero attached hydrogens (tertiary/aromatic N) is 1. The molecule has 1 nitrogen and oxygen atoms in total. The summed E-state index contributed by atoms with van der Waals surface area (Å²) in [6.45, 7) is 0. The van der Waals surface area contributed by atoms with Gasteiger partial charge in [0.1, 0.15) is 0 Å². The predicted molar refractivity (Wildman–Crippen MR) is 226 cm³/mol. The third-order valence-corrected chi connectivity index (χ3v) is 9.75. The summed E-state index contributed by atoms with van der Waals surface area (Å²) >= 11 is 0. The molecule has 0 unspecified atom stereocenters. The third-order valence-electron chi connectivity index (χ3n) is 9.75. The summed E-state index contributed by atoms with van der Waals surface area (Å²) in [5.74, 6) is 0. The molecule has 0 saturated heterocycles. The first kappa shape index (κ1) is 27.7. The molecule has 9 rings (SSSR count). The minimum absolute atomic E-state index is 0.0187. The summed E-state index contributed by atoms with van der Waals surface area (Å²) in [4.78, 5) is 1.93. The Morgan fingerprint density at radius 2 is 0.830 bits per heavy atom. The van der Waals surface area contributed by atoms with Crippen LogP contribution in [0.25, 0.3) is 66.4 Å². The first-order valence-corrected chi connectivity index (χ1v) is 17.8. The van der Waals surface area contributed by atoms with Gasteiger partial charge in [-0.1, -0.05) is 182 Å². The van der Waals surface area contributed by atoms with E-state index in [2.05, 4.69) is 91.0 Å². The normalized spacial score (nSPS) is 12.1. The number of anilines is 3. The van der Waals surface area contributed by atoms with Gasteiger partial charge in [0.15, 0.2) is 0 Å². The van der Waals surface area contributed by atoms with Crippen LogP contribution in [0.4, 0.5) is 17.1 Å². The molecular formula is C52H37N. The van der Waals surface area contributed by atoms with Crippen molar-refractivity contribution in [3.05, 3.63) is 224 Å². The van der Waals surface area contributed by atoms with E-state index in [1.807, 2.05) is 114 Å². The van der Waals surface area contributed by atoms with E-state index in [1.165, 1.54) is 0 Å². The summed E-state index contributed by atoms with van der Waals surface area (Å²) < 4.78 is 37.4. The van der Waals surface area contributed by atoms with Crippen molar-refractivity contribution < 1.29 is 5.48 Å². The zero-order chi connectivity index (χ0) is 38.9. The average molecular weight is 680 g/mol. The molecule has 0 aliphatic heterocycles. The molecule has 1 heteroatoms. The Hall–Kier alpha value is -6.96. The van der Waals surface area contributed by atoms with Gasteiger partial charge in [0.05, 0.1) is 11.2 Å². The van der Waals surface area contributed by atoms with Crippen molar-refractivity contribution in [1.29, 1.82) is 0 Å². The Morgan fingerprint density at radius 3 is 1.57 bits per heavy atom. The summed E-state index contributed by atoms with van der Waals surface area (Å²) in [5.41, 5.74) is 11.2. The van der Waals surface area contributed by atoms with Gasteiger partial charge in [-0.15, -0.1) is 0 Å². The smallest absolute Gasteiger partial charge is 0.0651 e. The summed E-state index contributed by atoms with van der Waals surface area (Å²) in [6, 6.07) is 67.1. The highest BCUT2D eigenvalue weighted by Crippen LogP contribution is 2.43. The fourth-order valence-electron chi connectivity index (χ4n) is 7.02. The maximum absolute atomic E-state index is 9.82. The lowest BCUT2D eigenvalue weighted by Gasteiger charge is -2.28. The minimum Gasteiger partial charge on any atom is -0.310 e. The van der Waals surface area contributed by atoms with E-state index in [0.29, 0.717) is 11.1 Å². The molecule has 0 N–H and O–H groups in total. The first-order chi connectivity index (χ1) is 27.9. The molecule has 0 saturated carbocycles. The molecule has 0 atom stereocenters. The zero-order valence-corrected chi connectivity index (χ0v) is 29.0. The molecular weight excluding hydrogens is 639 g/mol. The van der Waals surface area contributed by atoms with Crippen molar-refractivity contribution in [1.82, 2.24) is 0 Å². The van der Waals surface area contributed by atoms with E-state index in [-0.39, 0.29) is 29.9 Å². The van der Waals surface area contributed by atoms with Crippen LogP contribution in [0.2, 0.25) is 0 Å². The Kier molecular flexibility index (Phi) is 7.50. The lowest BCUT2D eigenvalue weighted by molar-refractivity contribution is 1.28. The van der Waals surface area contributed by atoms with Crippen LogP contribution in [0.1, 0.15) is 5.48 Å². The quantitative estimate of drug-likeness (QED) is 0.154. The topological polar surface area (TPSA) is 3.24 Å². The third kappa shape index (κ3) is 6.65. The van der Waals surface area contributed by atoms with E-state index in [0.717, 1.165) is 66.7 Å². The molecule has 0 aliphatic rings. The predicted octanol–water partition coefficient (Wildman–Crippen LogP) is 14.6. The molecule has 0 spiro atoms. The molecule has 0 aromatic heterocycles. The average Bonchev–Trinajstić information content (AvgIpc) is 3.28. The van der Waals surface area contributed by atoms with E-state index in [9.17, 15) is 2.74 Å².